The fraction of sp³-hybridized carbons (Fsp3) is 0. The Bertz CT molecular complexity index is 2520. The van der Waals surface area contributed by atoms with Gasteiger partial charge >= 0.3 is 0 Å². The normalized spacial score (nSPS) is 11.3. The van der Waals surface area contributed by atoms with E-state index < -0.39 is 0 Å². The van der Waals surface area contributed by atoms with Crippen LogP contribution in [0.4, 0.5) is 0 Å². The van der Waals surface area contributed by atoms with Gasteiger partial charge in [0.1, 0.15) is 0 Å². The fourth-order valence-corrected chi connectivity index (χ4v) is 7.87. The van der Waals surface area contributed by atoms with Gasteiger partial charge in [-0.05, 0) is 46.0 Å². The van der Waals surface area contributed by atoms with Gasteiger partial charge in [-0.15, -0.1) is 11.3 Å². The lowest BCUT2D eigenvalue weighted by atomic mass is 9.95. The number of rotatable bonds is 6. The molecule has 230 valence electrons. The number of hydrogen-bond acceptors (Lipinski definition) is 4. The molecule has 0 aliphatic carbocycles. The Morgan fingerprint density at radius 1 is 0.286 bits per heavy atom. The average Bonchev–Trinajstić information content (AvgIpc) is 3.58. The molecule has 7 aromatic carbocycles. The standard InChI is InChI=1S/C45H29N3S/c1-5-15-30(16-6-1)36-28-39(31-17-7-2-8-18-31)42-40(29-36)38-26-14-25-37(41(38)49-42)34-23-13-24-35(27-34)45-47-43(32-19-9-3-10-20-32)46-44(48-45)33-21-11-4-12-22-33/h1-29H. The van der Waals surface area contributed by atoms with Gasteiger partial charge in [-0.3, -0.25) is 0 Å². The molecule has 0 spiro atoms. The molecule has 0 aliphatic rings. The molecular formula is C45H29N3S. The third-order valence-corrected chi connectivity index (χ3v) is 10.2. The lowest BCUT2D eigenvalue weighted by Gasteiger charge is -2.10. The predicted molar refractivity (Wildman–Crippen MR) is 205 cm³/mol. The van der Waals surface area contributed by atoms with Crippen molar-refractivity contribution < 1.29 is 0 Å². The monoisotopic (exact) mass is 643 g/mol. The Labute approximate surface area is 288 Å². The van der Waals surface area contributed by atoms with Crippen molar-refractivity contribution in [3.63, 3.8) is 0 Å². The smallest absolute Gasteiger partial charge is 0.164 e. The summed E-state index contributed by atoms with van der Waals surface area (Å²) in [4.78, 5) is 14.9. The number of thiophene rings is 1. The summed E-state index contributed by atoms with van der Waals surface area (Å²) in [5.41, 5.74) is 10.1. The molecule has 0 N–H and O–H groups in total. The third-order valence-electron chi connectivity index (χ3n) is 8.92. The van der Waals surface area contributed by atoms with Crippen LogP contribution < -0.4 is 0 Å². The van der Waals surface area contributed by atoms with Gasteiger partial charge < -0.3 is 0 Å². The second kappa shape index (κ2) is 12.4. The molecular weight excluding hydrogens is 615 g/mol. The van der Waals surface area contributed by atoms with E-state index in [4.69, 9.17) is 15.0 Å². The van der Waals surface area contributed by atoms with E-state index in [-0.39, 0.29) is 0 Å². The van der Waals surface area contributed by atoms with Crippen molar-refractivity contribution in [1.29, 1.82) is 0 Å². The fourth-order valence-electron chi connectivity index (χ4n) is 6.52. The molecule has 3 nitrogen and oxygen atoms in total. The van der Waals surface area contributed by atoms with E-state index in [0.29, 0.717) is 17.5 Å². The van der Waals surface area contributed by atoms with Crippen molar-refractivity contribution in [2.45, 2.75) is 0 Å². The van der Waals surface area contributed by atoms with Gasteiger partial charge in [0.25, 0.3) is 0 Å². The van der Waals surface area contributed by atoms with Crippen molar-refractivity contribution in [2.75, 3.05) is 0 Å². The maximum absolute atomic E-state index is 5.00. The van der Waals surface area contributed by atoms with Gasteiger partial charge in [0.05, 0.1) is 0 Å². The molecule has 0 bridgehead atoms. The largest absolute Gasteiger partial charge is 0.208 e. The van der Waals surface area contributed by atoms with Gasteiger partial charge in [0, 0.05) is 42.4 Å². The maximum atomic E-state index is 5.00. The van der Waals surface area contributed by atoms with Crippen LogP contribution in [0, 0.1) is 0 Å². The van der Waals surface area contributed by atoms with Gasteiger partial charge in [0.2, 0.25) is 0 Å². The first kappa shape index (κ1) is 29.0. The summed E-state index contributed by atoms with van der Waals surface area (Å²) in [6.07, 6.45) is 0. The number of aromatic nitrogens is 3. The highest BCUT2D eigenvalue weighted by atomic mass is 32.1. The second-order valence-electron chi connectivity index (χ2n) is 12.0. The molecule has 0 saturated heterocycles. The number of benzene rings is 7. The van der Waals surface area contributed by atoms with Crippen molar-refractivity contribution >= 4 is 31.5 Å². The first-order chi connectivity index (χ1) is 24.3. The Morgan fingerprint density at radius 3 is 1.37 bits per heavy atom. The van der Waals surface area contributed by atoms with Crippen LogP contribution in [0.25, 0.3) is 87.7 Å². The first-order valence-electron chi connectivity index (χ1n) is 16.4. The van der Waals surface area contributed by atoms with Crippen LogP contribution >= 0.6 is 11.3 Å². The molecule has 9 rings (SSSR count). The van der Waals surface area contributed by atoms with Gasteiger partial charge in [-0.25, -0.2) is 15.0 Å². The van der Waals surface area contributed by atoms with Crippen molar-refractivity contribution in [2.24, 2.45) is 0 Å². The highest BCUT2D eigenvalue weighted by Gasteiger charge is 2.17. The van der Waals surface area contributed by atoms with Crippen molar-refractivity contribution in [1.82, 2.24) is 15.0 Å². The molecule has 0 aliphatic heterocycles. The summed E-state index contributed by atoms with van der Waals surface area (Å²) in [6, 6.07) is 61.6. The van der Waals surface area contributed by atoms with Crippen molar-refractivity contribution in [3.8, 4) is 67.5 Å². The zero-order valence-corrected chi connectivity index (χ0v) is 27.3. The highest BCUT2D eigenvalue weighted by Crippen LogP contribution is 2.46. The van der Waals surface area contributed by atoms with E-state index in [0.717, 1.165) is 22.3 Å². The Balaban J connectivity index is 1.22. The zero-order valence-electron chi connectivity index (χ0n) is 26.5. The molecule has 2 aromatic heterocycles. The van der Waals surface area contributed by atoms with E-state index in [1.165, 1.54) is 48.0 Å². The molecule has 0 amide bonds. The van der Waals surface area contributed by atoms with Crippen LogP contribution in [-0.2, 0) is 0 Å². The SMILES string of the molecule is c1ccc(-c2cc(-c3ccccc3)c3sc4c(-c5cccc(-c6nc(-c7ccccc7)nc(-c7ccccc7)n6)c5)cccc4c3c2)cc1. The Kier molecular flexibility index (Phi) is 7.34. The van der Waals surface area contributed by atoms with Crippen molar-refractivity contribution in [3.05, 3.63) is 176 Å². The second-order valence-corrected chi connectivity index (χ2v) is 13.1. The summed E-state index contributed by atoms with van der Waals surface area (Å²) in [5, 5.41) is 2.53. The van der Waals surface area contributed by atoms with Crippen LogP contribution in [0.15, 0.2) is 176 Å². The van der Waals surface area contributed by atoms with Crippen LogP contribution in [-0.4, -0.2) is 15.0 Å². The van der Waals surface area contributed by atoms with Crippen LogP contribution in [0.1, 0.15) is 0 Å². The predicted octanol–water partition coefficient (Wildman–Crippen LogP) is 12.2. The van der Waals surface area contributed by atoms with E-state index in [1.54, 1.807) is 0 Å². The summed E-state index contributed by atoms with van der Waals surface area (Å²) >= 11 is 1.87. The molecule has 2 heterocycles. The summed E-state index contributed by atoms with van der Waals surface area (Å²) < 4.78 is 2.56. The molecule has 0 radical (unpaired) electrons. The lowest BCUT2D eigenvalue weighted by molar-refractivity contribution is 1.07. The van der Waals surface area contributed by atoms with Gasteiger partial charge in [-0.2, -0.15) is 0 Å². The van der Waals surface area contributed by atoms with Crippen LogP contribution in [0.3, 0.4) is 0 Å². The summed E-state index contributed by atoms with van der Waals surface area (Å²) in [7, 11) is 0. The number of nitrogens with zero attached hydrogens (tertiary/aromatic N) is 3. The van der Waals surface area contributed by atoms with E-state index >= 15 is 0 Å². The topological polar surface area (TPSA) is 38.7 Å². The zero-order chi connectivity index (χ0) is 32.6. The van der Waals surface area contributed by atoms with Crippen LogP contribution in [0.5, 0.6) is 0 Å². The van der Waals surface area contributed by atoms with E-state index in [9.17, 15) is 0 Å². The lowest BCUT2D eigenvalue weighted by Crippen LogP contribution is -2.00. The van der Waals surface area contributed by atoms with Crippen LogP contribution in [0.2, 0.25) is 0 Å². The Hall–Kier alpha value is -6.23. The molecule has 0 saturated carbocycles. The van der Waals surface area contributed by atoms with Gasteiger partial charge in [0.15, 0.2) is 17.5 Å². The molecule has 9 aromatic rings. The number of fused-ring (bicyclic) bond motifs is 3. The minimum atomic E-state index is 0.650. The molecule has 0 fully saturated rings. The molecule has 0 unspecified atom stereocenters. The minimum Gasteiger partial charge on any atom is -0.208 e. The molecule has 0 atom stereocenters. The van der Waals surface area contributed by atoms with E-state index in [2.05, 4.69) is 115 Å². The molecule has 4 heteroatoms. The summed E-state index contributed by atoms with van der Waals surface area (Å²) in [5.74, 6) is 1.96. The average molecular weight is 644 g/mol. The maximum Gasteiger partial charge on any atom is 0.164 e. The highest BCUT2D eigenvalue weighted by molar-refractivity contribution is 7.26. The van der Waals surface area contributed by atoms with E-state index in [1.807, 2.05) is 72.0 Å². The summed E-state index contributed by atoms with van der Waals surface area (Å²) in [6.45, 7) is 0. The van der Waals surface area contributed by atoms with Gasteiger partial charge in [-0.1, -0.05) is 158 Å². The minimum absolute atomic E-state index is 0.650. The Morgan fingerprint density at radius 2 is 0.755 bits per heavy atom. The number of hydrogen-bond donors (Lipinski definition) is 0. The third kappa shape index (κ3) is 5.48. The molecule has 49 heavy (non-hydrogen) atoms. The first-order valence-corrected chi connectivity index (χ1v) is 17.2. The quantitative estimate of drug-likeness (QED) is 0.181.